The topological polar surface area (TPSA) is 306 Å². The largest absolute Gasteiger partial charge is 1.00 e. The molecule has 0 saturated heterocycles. The third-order valence-electron chi connectivity index (χ3n) is 0. The molecule has 12 N–H and O–H groups in total. The fourth-order valence-corrected chi connectivity index (χ4v) is 0. The van der Waals surface area contributed by atoms with Crippen molar-refractivity contribution in [2.75, 3.05) is 0 Å². The minimum absolute atomic E-state index is 0. The second-order valence-electron chi connectivity index (χ2n) is 1.64. The van der Waals surface area contributed by atoms with E-state index in [1.54, 1.807) is 0 Å². The summed E-state index contributed by atoms with van der Waals surface area (Å²) in [6, 6.07) is 0. The molecule has 15 nitrogen and oxygen atoms in total. The second-order valence-corrected chi connectivity index (χ2v) is 1.64. The van der Waals surface area contributed by atoms with Crippen LogP contribution >= 0.6 is 0 Å². The Morgan fingerprint density at radius 1 is 0.500 bits per heavy atom. The molecular weight excluding hydrogens is 341 g/mol. The maximum Gasteiger partial charge on any atom is 1.00 e. The van der Waals surface area contributed by atoms with Gasteiger partial charge in [-0.15, -0.1) is 0 Å². The van der Waals surface area contributed by atoms with Crippen LogP contribution in [0.4, 0.5) is 4.79 Å². The summed E-state index contributed by atoms with van der Waals surface area (Å²) in [5.41, 5.74) is 0. The normalized spacial score (nSPS) is 6.00. The van der Waals surface area contributed by atoms with Crippen LogP contribution in [-0.2, 0) is 0 Å². The first-order chi connectivity index (χ1) is 8.66. The van der Waals surface area contributed by atoms with Crippen molar-refractivity contribution >= 4 is 35.4 Å². The molecule has 0 rings (SSSR count). The van der Waals surface area contributed by atoms with Gasteiger partial charge in [0, 0.05) is 0 Å². The summed E-state index contributed by atoms with van der Waals surface area (Å²) in [5.74, 6) is 0. The number of carboxylic acid groups (broad SMARTS) is 2. The Bertz CT molecular complexity index is 129. The van der Waals surface area contributed by atoms with Gasteiger partial charge in [-0.05, 0) is 6.16 Å². The predicted molar refractivity (Wildman–Crippen MR) is 55.0 cm³/mol. The average molecular weight is 353 g/mol. The van der Waals surface area contributed by atoms with Gasteiger partial charge in [-0.3, -0.25) is 0 Å². The number of carbonyl (C=O) groups excluding carboxylic acids is 1. The second kappa shape index (κ2) is 37.9. The van der Waals surface area contributed by atoms with E-state index >= 15 is 0 Å². The van der Waals surface area contributed by atoms with Crippen LogP contribution in [0.15, 0.2) is 0 Å². The molecule has 0 aromatic rings. The van der Waals surface area contributed by atoms with Gasteiger partial charge in [-0.25, -0.2) is 0 Å². The molecule has 0 aromatic heterocycles. The van der Waals surface area contributed by atoms with Crippen LogP contribution in [0.2, 0.25) is 0 Å². The quantitative estimate of drug-likeness (QED) is 0.180. The molecule has 0 aliphatic carbocycles. The summed E-state index contributed by atoms with van der Waals surface area (Å²) in [6.45, 7) is 0. The van der Waals surface area contributed by atoms with Gasteiger partial charge in [0.25, 0.3) is 0 Å². The minimum atomic E-state index is -2.33. The maximum atomic E-state index is 8.33. The van der Waals surface area contributed by atoms with Crippen LogP contribution in [0, 0.1) is 0 Å². The third kappa shape index (κ3) is 7680. The summed E-state index contributed by atoms with van der Waals surface area (Å²) < 4.78 is 0. The van der Waals surface area contributed by atoms with E-state index in [1.807, 2.05) is 0 Å². The molecule has 0 amide bonds. The van der Waals surface area contributed by atoms with Crippen LogP contribution in [0.3, 0.4) is 0 Å². The van der Waals surface area contributed by atoms with Crippen molar-refractivity contribution in [1.82, 2.24) is 0 Å². The summed E-state index contributed by atoms with van der Waals surface area (Å²) in [4.78, 5) is 8.33. The Hall–Kier alpha value is 1.05. The van der Waals surface area contributed by atoms with Crippen LogP contribution in [0.25, 0.3) is 0 Å². The summed E-state index contributed by atoms with van der Waals surface area (Å²) >= 11 is 0. The Labute approximate surface area is 169 Å². The van der Waals surface area contributed by atoms with Crippen molar-refractivity contribution < 1.29 is 134 Å². The molecule has 0 unspecified atom stereocenters. The summed E-state index contributed by atoms with van der Waals surface area (Å²) in [6.07, 6.45) is -2.33. The van der Waals surface area contributed by atoms with E-state index in [0.29, 0.717) is 0 Å². The van der Waals surface area contributed by atoms with E-state index in [4.69, 9.17) is 75.3 Å². The zero-order valence-corrected chi connectivity index (χ0v) is 15.4. The van der Waals surface area contributed by atoms with Gasteiger partial charge in [0.1, 0.15) is 0 Å². The number of hydrogen-bond donors (Lipinski definition) is 12. The van der Waals surface area contributed by atoms with Crippen molar-refractivity contribution in [3.05, 3.63) is 0 Å². The Balaban J connectivity index is -0.0000000250. The van der Waals surface area contributed by atoms with Gasteiger partial charge >= 0.3 is 88.4 Å². The molecule has 0 heterocycles. The zero-order chi connectivity index (χ0) is 17.9. The maximum absolute atomic E-state index is 8.33. The van der Waals surface area contributed by atoms with E-state index in [0.717, 1.165) is 0 Å². The van der Waals surface area contributed by atoms with E-state index in [2.05, 4.69) is 0 Å². The zero-order valence-electron chi connectivity index (χ0n) is 11.4. The fraction of sp³-hybridized carbons (Fsp3) is 0. The Morgan fingerprint density at radius 2 is 0.500 bits per heavy atom. The van der Waals surface area contributed by atoms with Crippen molar-refractivity contribution in [3.63, 3.8) is 0 Å². The average Bonchev–Trinajstić information content (AvgIpc) is 1.94. The van der Waals surface area contributed by atoms with E-state index in [1.165, 1.54) is 0 Å². The van der Waals surface area contributed by atoms with Crippen molar-refractivity contribution in [3.8, 4) is 0 Å². The molecule has 120 valence electrons. The van der Waals surface area contributed by atoms with E-state index in [9.17, 15) is 0 Å². The molecule has 0 saturated carbocycles. The van der Waals surface area contributed by atoms with Crippen LogP contribution in [0.1, 0.15) is 0 Å². The molecule has 21 heteroatoms. The van der Waals surface area contributed by atoms with E-state index in [-0.39, 0.29) is 59.1 Å². The smallest absolute Gasteiger partial charge is 0.652 e. The molecule has 0 fully saturated rings. The molecule has 0 bridgehead atoms. The van der Waals surface area contributed by atoms with Gasteiger partial charge in [0.15, 0.2) is 0 Å². The first-order valence-electron chi connectivity index (χ1n) is 3.71. The molecule has 0 aliphatic rings. The van der Waals surface area contributed by atoms with Gasteiger partial charge in [0.2, 0.25) is 0 Å². The third-order valence-corrected chi connectivity index (χ3v) is 0. The van der Waals surface area contributed by atoms with Crippen molar-refractivity contribution in [1.29, 1.82) is 0 Å². The standard InChI is InChI=1S/CH2O3.4BH3O3.2Na/c5*2-1(3)4;;/h(H2,2,3,4);4*2-4H;;/q;;;;;2*+1/p-2. The SMILES string of the molecule is O=C([O-])[O-].OB(O)O.OB(O)O.OB(O)O.OB(O)O.[Na+].[Na+]. The molecule has 0 aliphatic heterocycles. The van der Waals surface area contributed by atoms with Gasteiger partial charge in [-0.2, -0.15) is 0 Å². The molecule has 0 aromatic carbocycles. The van der Waals surface area contributed by atoms with Gasteiger partial charge in [-0.1, -0.05) is 0 Å². The number of hydrogen-bond acceptors (Lipinski definition) is 15. The van der Waals surface area contributed by atoms with Crippen molar-refractivity contribution in [2.45, 2.75) is 0 Å². The fourth-order valence-electron chi connectivity index (χ4n) is 0. The molecule has 0 radical (unpaired) electrons. The van der Waals surface area contributed by atoms with Crippen LogP contribution in [0.5, 0.6) is 0 Å². The Morgan fingerprint density at radius 3 is 0.500 bits per heavy atom. The number of rotatable bonds is 0. The molecular formula is CH12B4Na2O15. The molecule has 0 spiro atoms. The Kier molecular flexibility index (Phi) is 75.0. The van der Waals surface area contributed by atoms with Crippen LogP contribution in [-0.4, -0.2) is 95.7 Å². The summed E-state index contributed by atoms with van der Waals surface area (Å²) in [7, 11) is -8.67. The first-order valence-corrected chi connectivity index (χ1v) is 3.71. The first kappa shape index (κ1) is 43.5. The van der Waals surface area contributed by atoms with Crippen LogP contribution < -0.4 is 69.3 Å². The monoisotopic (exact) mass is 354 g/mol. The minimum Gasteiger partial charge on any atom is -0.652 e. The van der Waals surface area contributed by atoms with E-state index < -0.39 is 35.4 Å². The summed E-state index contributed by atoms with van der Waals surface area (Å²) in [5, 5.41) is 103. The van der Waals surface area contributed by atoms with Gasteiger partial charge in [0.05, 0.1) is 0 Å². The molecule has 22 heavy (non-hydrogen) atoms. The van der Waals surface area contributed by atoms with Gasteiger partial charge < -0.3 is 75.3 Å². The number of carbonyl (C=O) groups is 1. The predicted octanol–water partition coefficient (Wildman–Crippen LogP) is -16.6. The van der Waals surface area contributed by atoms with Crippen molar-refractivity contribution in [2.24, 2.45) is 0 Å². The molecule has 0 atom stereocenters.